The number of nitrogen functional groups attached to an aromatic ring is 1. The van der Waals surface area contributed by atoms with Crippen LogP contribution in [0.2, 0.25) is 0 Å². The first-order chi connectivity index (χ1) is 9.04. The Morgan fingerprint density at radius 2 is 1.89 bits per heavy atom. The fourth-order valence-corrected chi connectivity index (χ4v) is 2.18. The van der Waals surface area contributed by atoms with Crippen LogP contribution in [-0.2, 0) is 18.4 Å². The average Bonchev–Trinajstić information content (AvgIpc) is 2.68. The molecule has 0 spiro atoms. The summed E-state index contributed by atoms with van der Waals surface area (Å²) in [6.07, 6.45) is 0. The van der Waals surface area contributed by atoms with Crippen molar-refractivity contribution in [2.75, 3.05) is 12.8 Å². The van der Waals surface area contributed by atoms with Crippen molar-refractivity contribution < 1.29 is 4.74 Å². The quantitative estimate of drug-likeness (QED) is 0.918. The Balaban J connectivity index is 2.39. The summed E-state index contributed by atoms with van der Waals surface area (Å²) >= 11 is 0. The first-order valence-corrected chi connectivity index (χ1v) is 6.45. The first kappa shape index (κ1) is 13.6. The van der Waals surface area contributed by atoms with Crippen molar-refractivity contribution in [3.63, 3.8) is 0 Å². The molecule has 1 aromatic heterocycles. The van der Waals surface area contributed by atoms with Crippen LogP contribution in [0, 0.1) is 0 Å². The van der Waals surface area contributed by atoms with E-state index in [0.717, 1.165) is 22.6 Å². The maximum atomic E-state index is 6.15. The van der Waals surface area contributed by atoms with Crippen molar-refractivity contribution in [1.82, 2.24) is 9.55 Å². The Kier molecular flexibility index (Phi) is 3.90. The molecule has 0 unspecified atom stereocenters. The summed E-state index contributed by atoms with van der Waals surface area (Å²) in [5, 5.41) is 0. The molecule has 0 atom stereocenters. The minimum Gasteiger partial charge on any atom is -0.383 e. The third-order valence-corrected chi connectivity index (χ3v) is 3.23. The molecule has 2 rings (SSSR count). The molecule has 19 heavy (non-hydrogen) atoms. The lowest BCUT2D eigenvalue weighted by atomic mass is 10.1. The Hall–Kier alpha value is -1.81. The molecule has 0 aliphatic rings. The van der Waals surface area contributed by atoms with Crippen molar-refractivity contribution >= 4 is 5.82 Å². The Labute approximate surface area is 114 Å². The highest BCUT2D eigenvalue weighted by atomic mass is 16.5. The molecular formula is C15H21N3O. The summed E-state index contributed by atoms with van der Waals surface area (Å²) in [6, 6.07) is 8.16. The van der Waals surface area contributed by atoms with E-state index in [0.29, 0.717) is 18.3 Å². The van der Waals surface area contributed by atoms with Gasteiger partial charge in [-0.1, -0.05) is 38.1 Å². The number of benzene rings is 1. The SMILES string of the molecule is COCc1ccc(-c2nc(C(C)C)n(C)c2N)cc1. The molecule has 0 saturated heterocycles. The molecule has 0 bridgehead atoms. The van der Waals surface area contributed by atoms with Gasteiger partial charge in [0.1, 0.15) is 17.3 Å². The maximum Gasteiger partial charge on any atom is 0.131 e. The molecule has 0 radical (unpaired) electrons. The first-order valence-electron chi connectivity index (χ1n) is 6.45. The van der Waals surface area contributed by atoms with Gasteiger partial charge in [0.05, 0.1) is 6.61 Å². The molecule has 0 amide bonds. The van der Waals surface area contributed by atoms with E-state index in [1.54, 1.807) is 7.11 Å². The lowest BCUT2D eigenvalue weighted by molar-refractivity contribution is 0.185. The van der Waals surface area contributed by atoms with E-state index in [1.807, 2.05) is 35.9 Å². The number of anilines is 1. The van der Waals surface area contributed by atoms with E-state index in [4.69, 9.17) is 10.5 Å². The molecule has 1 aromatic carbocycles. The smallest absolute Gasteiger partial charge is 0.131 e. The maximum absolute atomic E-state index is 6.15. The van der Waals surface area contributed by atoms with E-state index < -0.39 is 0 Å². The van der Waals surface area contributed by atoms with Gasteiger partial charge in [-0.15, -0.1) is 0 Å². The molecule has 0 aliphatic heterocycles. The fourth-order valence-electron chi connectivity index (χ4n) is 2.18. The minimum absolute atomic E-state index is 0.355. The highest BCUT2D eigenvalue weighted by Gasteiger charge is 2.15. The summed E-state index contributed by atoms with van der Waals surface area (Å²) in [6.45, 7) is 4.86. The van der Waals surface area contributed by atoms with Gasteiger partial charge < -0.3 is 15.0 Å². The van der Waals surface area contributed by atoms with Gasteiger partial charge in [0.15, 0.2) is 0 Å². The topological polar surface area (TPSA) is 53.1 Å². The van der Waals surface area contributed by atoms with Crippen LogP contribution < -0.4 is 5.73 Å². The van der Waals surface area contributed by atoms with Crippen LogP contribution in [0.25, 0.3) is 11.3 Å². The standard InChI is InChI=1S/C15H21N3O/c1-10(2)15-17-13(14(16)18(15)3)12-7-5-11(6-8-12)9-19-4/h5-8,10H,9,16H2,1-4H3. The number of aromatic nitrogens is 2. The minimum atomic E-state index is 0.355. The fraction of sp³-hybridized carbons (Fsp3) is 0.400. The van der Waals surface area contributed by atoms with Crippen molar-refractivity contribution in [3.05, 3.63) is 35.7 Å². The van der Waals surface area contributed by atoms with Gasteiger partial charge in [0.25, 0.3) is 0 Å². The monoisotopic (exact) mass is 259 g/mol. The van der Waals surface area contributed by atoms with E-state index >= 15 is 0 Å². The molecular weight excluding hydrogens is 238 g/mol. The van der Waals surface area contributed by atoms with Crippen LogP contribution in [0.3, 0.4) is 0 Å². The number of nitrogens with zero attached hydrogens (tertiary/aromatic N) is 2. The van der Waals surface area contributed by atoms with Crippen molar-refractivity contribution in [2.45, 2.75) is 26.4 Å². The summed E-state index contributed by atoms with van der Waals surface area (Å²) < 4.78 is 7.07. The van der Waals surface area contributed by atoms with Gasteiger partial charge in [-0.05, 0) is 5.56 Å². The summed E-state index contributed by atoms with van der Waals surface area (Å²) in [5.41, 5.74) is 9.19. The molecule has 4 heteroatoms. The van der Waals surface area contributed by atoms with E-state index in [9.17, 15) is 0 Å². The zero-order valence-electron chi connectivity index (χ0n) is 12.0. The molecule has 0 fully saturated rings. The lowest BCUT2D eigenvalue weighted by Crippen LogP contribution is -2.02. The largest absolute Gasteiger partial charge is 0.383 e. The number of hydrogen-bond acceptors (Lipinski definition) is 3. The van der Waals surface area contributed by atoms with Gasteiger partial charge >= 0.3 is 0 Å². The number of rotatable bonds is 4. The van der Waals surface area contributed by atoms with E-state index in [1.165, 1.54) is 0 Å². The van der Waals surface area contributed by atoms with Crippen LogP contribution in [0.5, 0.6) is 0 Å². The molecule has 102 valence electrons. The molecule has 2 N–H and O–H groups in total. The highest BCUT2D eigenvalue weighted by molar-refractivity contribution is 5.71. The van der Waals surface area contributed by atoms with Gasteiger partial charge in [-0.2, -0.15) is 0 Å². The predicted molar refractivity (Wildman–Crippen MR) is 77.9 cm³/mol. The third kappa shape index (κ3) is 2.63. The van der Waals surface area contributed by atoms with E-state index in [2.05, 4.69) is 18.8 Å². The number of nitrogens with two attached hydrogens (primary N) is 1. The third-order valence-electron chi connectivity index (χ3n) is 3.23. The second-order valence-corrected chi connectivity index (χ2v) is 5.05. The zero-order chi connectivity index (χ0) is 14.0. The number of hydrogen-bond donors (Lipinski definition) is 1. The lowest BCUT2D eigenvalue weighted by Gasteiger charge is -2.04. The molecule has 0 saturated carbocycles. The second kappa shape index (κ2) is 5.45. The number of methoxy groups -OCH3 is 1. The average molecular weight is 259 g/mol. The summed E-state index contributed by atoms with van der Waals surface area (Å²) in [5.74, 6) is 2.07. The number of ether oxygens (including phenoxy) is 1. The van der Waals surface area contributed by atoms with Crippen LogP contribution in [-0.4, -0.2) is 16.7 Å². The van der Waals surface area contributed by atoms with Crippen LogP contribution in [0.4, 0.5) is 5.82 Å². The van der Waals surface area contributed by atoms with Gasteiger partial charge in [-0.3, -0.25) is 0 Å². The molecule has 2 aromatic rings. The van der Waals surface area contributed by atoms with Crippen LogP contribution in [0.1, 0.15) is 31.2 Å². The molecule has 0 aliphatic carbocycles. The van der Waals surface area contributed by atoms with Gasteiger partial charge in [0.2, 0.25) is 0 Å². The van der Waals surface area contributed by atoms with Crippen molar-refractivity contribution in [3.8, 4) is 11.3 Å². The normalized spacial score (nSPS) is 11.2. The van der Waals surface area contributed by atoms with Crippen molar-refractivity contribution in [1.29, 1.82) is 0 Å². The van der Waals surface area contributed by atoms with Gasteiger partial charge in [-0.25, -0.2) is 4.98 Å². The van der Waals surface area contributed by atoms with Crippen LogP contribution in [0.15, 0.2) is 24.3 Å². The van der Waals surface area contributed by atoms with Crippen molar-refractivity contribution in [2.24, 2.45) is 7.05 Å². The Morgan fingerprint density at radius 3 is 2.37 bits per heavy atom. The second-order valence-electron chi connectivity index (χ2n) is 5.05. The summed E-state index contributed by atoms with van der Waals surface area (Å²) in [4.78, 5) is 4.66. The van der Waals surface area contributed by atoms with Gasteiger partial charge in [0, 0.05) is 25.6 Å². The predicted octanol–water partition coefficient (Wildman–Crippen LogP) is 2.94. The van der Waals surface area contributed by atoms with E-state index in [-0.39, 0.29) is 0 Å². The number of imidazole rings is 1. The highest BCUT2D eigenvalue weighted by Crippen LogP contribution is 2.28. The Morgan fingerprint density at radius 1 is 1.26 bits per heavy atom. The molecule has 1 heterocycles. The molecule has 4 nitrogen and oxygen atoms in total. The summed E-state index contributed by atoms with van der Waals surface area (Å²) in [7, 11) is 3.65. The zero-order valence-corrected chi connectivity index (χ0v) is 12.0. The van der Waals surface area contributed by atoms with Crippen LogP contribution >= 0.6 is 0 Å². The Bertz CT molecular complexity index is 556.